The second kappa shape index (κ2) is 8.73. The first-order chi connectivity index (χ1) is 13.4. The van der Waals surface area contributed by atoms with Gasteiger partial charge in [-0.3, -0.25) is 14.4 Å². The van der Waals surface area contributed by atoms with Crippen LogP contribution in [0.1, 0.15) is 45.1 Å². The molecule has 4 atom stereocenters. The first-order valence-corrected chi connectivity index (χ1v) is 10.1. The SMILES string of the molecule is CC(C)[C@H](N)C(=O)N[C@H]1CC[C@@H]2CC[C@@H](C(=O)NCc3ccccc3)N2C1=O. The smallest absolute Gasteiger partial charge is 0.246 e. The highest BCUT2D eigenvalue weighted by Gasteiger charge is 2.46. The largest absolute Gasteiger partial charge is 0.350 e. The van der Waals surface area contributed by atoms with Crippen molar-refractivity contribution in [1.29, 1.82) is 0 Å². The van der Waals surface area contributed by atoms with E-state index in [9.17, 15) is 14.4 Å². The zero-order valence-corrected chi connectivity index (χ0v) is 16.6. The summed E-state index contributed by atoms with van der Waals surface area (Å²) in [7, 11) is 0. The van der Waals surface area contributed by atoms with Gasteiger partial charge in [0.1, 0.15) is 12.1 Å². The number of carbonyl (C=O) groups is 3. The number of hydrogen-bond acceptors (Lipinski definition) is 4. The molecule has 0 radical (unpaired) electrons. The number of fused-ring (bicyclic) bond motifs is 1. The maximum absolute atomic E-state index is 13.0. The Morgan fingerprint density at radius 3 is 2.50 bits per heavy atom. The minimum absolute atomic E-state index is 0.00487. The molecule has 28 heavy (non-hydrogen) atoms. The molecule has 152 valence electrons. The number of carbonyl (C=O) groups excluding carboxylic acids is 3. The van der Waals surface area contributed by atoms with Crippen LogP contribution in [0.5, 0.6) is 0 Å². The molecule has 1 aromatic carbocycles. The first kappa shape index (κ1) is 20.3. The number of rotatable bonds is 6. The third kappa shape index (κ3) is 4.35. The predicted molar refractivity (Wildman–Crippen MR) is 106 cm³/mol. The van der Waals surface area contributed by atoms with E-state index in [2.05, 4.69) is 10.6 Å². The van der Waals surface area contributed by atoms with Gasteiger partial charge in [0, 0.05) is 12.6 Å². The zero-order chi connectivity index (χ0) is 20.3. The van der Waals surface area contributed by atoms with Gasteiger partial charge in [0.25, 0.3) is 0 Å². The fourth-order valence-corrected chi connectivity index (χ4v) is 4.03. The van der Waals surface area contributed by atoms with Gasteiger partial charge in [0.2, 0.25) is 17.7 Å². The maximum Gasteiger partial charge on any atom is 0.246 e. The predicted octanol–water partition coefficient (Wildman–Crippen LogP) is 0.924. The number of amides is 3. The number of nitrogens with zero attached hydrogens (tertiary/aromatic N) is 1. The van der Waals surface area contributed by atoms with Gasteiger partial charge in [-0.25, -0.2) is 0 Å². The minimum Gasteiger partial charge on any atom is -0.350 e. The van der Waals surface area contributed by atoms with Crippen molar-refractivity contribution in [2.75, 3.05) is 0 Å². The zero-order valence-electron chi connectivity index (χ0n) is 16.6. The molecule has 2 aliphatic heterocycles. The van der Waals surface area contributed by atoms with Crippen LogP contribution >= 0.6 is 0 Å². The first-order valence-electron chi connectivity index (χ1n) is 10.1. The maximum atomic E-state index is 13.0. The van der Waals surface area contributed by atoms with Gasteiger partial charge >= 0.3 is 0 Å². The lowest BCUT2D eigenvalue weighted by molar-refractivity contribution is -0.146. The molecule has 0 bridgehead atoms. The van der Waals surface area contributed by atoms with Crippen LogP contribution in [-0.4, -0.2) is 46.8 Å². The molecule has 2 heterocycles. The van der Waals surface area contributed by atoms with Crippen molar-refractivity contribution >= 4 is 17.7 Å². The summed E-state index contributed by atoms with van der Waals surface area (Å²) in [6, 6.07) is 8.04. The molecule has 0 aromatic heterocycles. The Kier molecular flexibility index (Phi) is 6.34. The van der Waals surface area contributed by atoms with Crippen molar-refractivity contribution in [3.63, 3.8) is 0 Å². The van der Waals surface area contributed by atoms with E-state index in [1.165, 1.54) is 0 Å². The van der Waals surface area contributed by atoms with Crippen LogP contribution in [0.4, 0.5) is 0 Å². The van der Waals surface area contributed by atoms with E-state index in [4.69, 9.17) is 5.73 Å². The van der Waals surface area contributed by atoms with E-state index in [1.807, 2.05) is 44.2 Å². The highest BCUT2D eigenvalue weighted by molar-refractivity contribution is 5.94. The standard InChI is InChI=1S/C21H30N4O3/c1-13(2)18(22)20(27)24-16-10-8-15-9-11-17(25(15)21(16)28)19(26)23-12-14-6-4-3-5-7-14/h3-7,13,15-18H,8-12,22H2,1-2H3,(H,23,26)(H,24,27)/t15-,16+,17+,18+/m1/s1. The van der Waals surface area contributed by atoms with Gasteiger partial charge in [0.15, 0.2) is 0 Å². The molecule has 3 amide bonds. The van der Waals surface area contributed by atoms with Crippen molar-refractivity contribution in [2.45, 2.75) is 70.2 Å². The number of nitrogens with one attached hydrogen (secondary N) is 2. The Bertz CT molecular complexity index is 722. The van der Waals surface area contributed by atoms with Crippen LogP contribution in [-0.2, 0) is 20.9 Å². The minimum atomic E-state index is -0.644. The van der Waals surface area contributed by atoms with E-state index in [0.29, 0.717) is 19.4 Å². The Hall–Kier alpha value is -2.41. The third-order valence-electron chi connectivity index (χ3n) is 5.79. The average molecular weight is 386 g/mol. The quantitative estimate of drug-likeness (QED) is 0.676. The molecule has 2 saturated heterocycles. The molecule has 1 aromatic rings. The molecular formula is C21H30N4O3. The van der Waals surface area contributed by atoms with E-state index in [1.54, 1.807) is 4.90 Å². The average Bonchev–Trinajstić information content (AvgIpc) is 3.13. The van der Waals surface area contributed by atoms with Crippen LogP contribution in [0.25, 0.3) is 0 Å². The van der Waals surface area contributed by atoms with Gasteiger partial charge in [-0.2, -0.15) is 0 Å². The van der Waals surface area contributed by atoms with Gasteiger partial charge in [-0.1, -0.05) is 44.2 Å². The third-order valence-corrected chi connectivity index (χ3v) is 5.79. The lowest BCUT2D eigenvalue weighted by atomic mass is 9.97. The normalized spacial score (nSPS) is 25.4. The lowest BCUT2D eigenvalue weighted by Crippen LogP contribution is -2.60. The summed E-state index contributed by atoms with van der Waals surface area (Å²) in [5, 5.41) is 5.74. The summed E-state index contributed by atoms with van der Waals surface area (Å²) in [6.07, 6.45) is 2.86. The van der Waals surface area contributed by atoms with Gasteiger partial charge in [0.05, 0.1) is 6.04 Å². The molecule has 3 rings (SSSR count). The summed E-state index contributed by atoms with van der Waals surface area (Å²) >= 11 is 0. The van der Waals surface area contributed by atoms with E-state index in [0.717, 1.165) is 18.4 Å². The second-order valence-electron chi connectivity index (χ2n) is 8.10. The van der Waals surface area contributed by atoms with Gasteiger partial charge in [-0.15, -0.1) is 0 Å². The van der Waals surface area contributed by atoms with Crippen molar-refractivity contribution in [3.8, 4) is 0 Å². The summed E-state index contributed by atoms with van der Waals surface area (Å²) in [5.41, 5.74) is 6.92. The van der Waals surface area contributed by atoms with Gasteiger partial charge in [-0.05, 0) is 37.2 Å². The van der Waals surface area contributed by atoms with Gasteiger partial charge < -0.3 is 21.3 Å². The number of piperidine rings is 1. The van der Waals surface area contributed by atoms with Crippen LogP contribution in [0.15, 0.2) is 30.3 Å². The van der Waals surface area contributed by atoms with E-state index < -0.39 is 18.1 Å². The van der Waals surface area contributed by atoms with Crippen LogP contribution in [0.2, 0.25) is 0 Å². The molecule has 2 aliphatic rings. The molecule has 0 aliphatic carbocycles. The van der Waals surface area contributed by atoms with Crippen LogP contribution in [0.3, 0.4) is 0 Å². The molecule has 0 saturated carbocycles. The van der Waals surface area contributed by atoms with E-state index in [-0.39, 0.29) is 29.7 Å². The molecule has 0 unspecified atom stereocenters. The number of benzene rings is 1. The summed E-state index contributed by atoms with van der Waals surface area (Å²) < 4.78 is 0. The molecule has 7 nitrogen and oxygen atoms in total. The Morgan fingerprint density at radius 1 is 1.14 bits per heavy atom. The monoisotopic (exact) mass is 386 g/mol. The highest BCUT2D eigenvalue weighted by atomic mass is 16.2. The molecule has 0 spiro atoms. The Balaban J connectivity index is 1.62. The van der Waals surface area contributed by atoms with Crippen molar-refractivity contribution in [1.82, 2.24) is 15.5 Å². The summed E-state index contributed by atoms with van der Waals surface area (Å²) in [4.78, 5) is 39.7. The number of nitrogens with two attached hydrogens (primary N) is 1. The Labute approximate surface area is 166 Å². The lowest BCUT2D eigenvalue weighted by Gasteiger charge is -2.38. The second-order valence-corrected chi connectivity index (χ2v) is 8.10. The topological polar surface area (TPSA) is 105 Å². The van der Waals surface area contributed by atoms with Crippen molar-refractivity contribution in [2.24, 2.45) is 11.7 Å². The van der Waals surface area contributed by atoms with Crippen molar-refractivity contribution < 1.29 is 14.4 Å². The molecule has 7 heteroatoms. The van der Waals surface area contributed by atoms with Crippen molar-refractivity contribution in [3.05, 3.63) is 35.9 Å². The van der Waals surface area contributed by atoms with E-state index >= 15 is 0 Å². The Morgan fingerprint density at radius 2 is 1.82 bits per heavy atom. The fraction of sp³-hybridized carbons (Fsp3) is 0.571. The molecular weight excluding hydrogens is 356 g/mol. The number of hydrogen-bond donors (Lipinski definition) is 3. The van der Waals surface area contributed by atoms with Crippen LogP contribution < -0.4 is 16.4 Å². The highest BCUT2D eigenvalue weighted by Crippen LogP contribution is 2.32. The molecule has 2 fully saturated rings. The molecule has 4 N–H and O–H groups in total. The summed E-state index contributed by atoms with van der Waals surface area (Å²) in [6.45, 7) is 4.18. The van der Waals surface area contributed by atoms with Crippen LogP contribution in [0, 0.1) is 5.92 Å². The summed E-state index contributed by atoms with van der Waals surface area (Å²) in [5.74, 6) is -0.616. The fourth-order valence-electron chi connectivity index (χ4n) is 4.03.